The second-order valence-electron chi connectivity index (χ2n) is 6.81. The number of amides is 2. The number of halogens is 2. The van der Waals surface area contributed by atoms with Gasteiger partial charge in [-0.1, -0.05) is 18.2 Å². The third-order valence-electron chi connectivity index (χ3n) is 4.69. The lowest BCUT2D eigenvalue weighted by atomic mass is 10.2. The van der Waals surface area contributed by atoms with Crippen LogP contribution in [0.3, 0.4) is 0 Å². The second-order valence-corrected chi connectivity index (χ2v) is 8.23. The number of rotatable bonds is 6. The van der Waals surface area contributed by atoms with Crippen LogP contribution in [0.4, 0.5) is 8.78 Å². The fraction of sp³-hybridized carbons (Fsp3) is 0.333. The van der Waals surface area contributed by atoms with E-state index in [0.717, 1.165) is 5.56 Å². The van der Waals surface area contributed by atoms with E-state index in [2.05, 4.69) is 0 Å². The van der Waals surface area contributed by atoms with Crippen LogP contribution in [0.2, 0.25) is 0 Å². The maximum absolute atomic E-state index is 13.6. The highest BCUT2D eigenvalue weighted by atomic mass is 32.2. The Balaban J connectivity index is 1.62. The Bertz CT molecular complexity index is 877. The van der Waals surface area contributed by atoms with Crippen LogP contribution in [0, 0.1) is 11.6 Å². The molecule has 28 heavy (non-hydrogen) atoms. The molecule has 1 fully saturated rings. The van der Waals surface area contributed by atoms with Crippen molar-refractivity contribution in [1.82, 2.24) is 9.80 Å². The number of thioether (sulfide) groups is 1. The SMILES string of the molecule is C[C@H]1S[C@H](c2cccc(F)c2)N(CCCN(C)C(=O)c2cccc(F)c2)C1=O. The van der Waals surface area contributed by atoms with Crippen molar-refractivity contribution in [1.29, 1.82) is 0 Å². The van der Waals surface area contributed by atoms with Crippen molar-refractivity contribution in [2.75, 3.05) is 20.1 Å². The number of carbonyl (C=O) groups excluding carboxylic acids is 2. The van der Waals surface area contributed by atoms with Crippen molar-refractivity contribution in [2.45, 2.75) is 24.0 Å². The van der Waals surface area contributed by atoms with E-state index in [9.17, 15) is 18.4 Å². The second kappa shape index (κ2) is 8.73. The molecule has 2 aromatic rings. The molecular weight excluding hydrogens is 382 g/mol. The van der Waals surface area contributed by atoms with E-state index >= 15 is 0 Å². The van der Waals surface area contributed by atoms with Gasteiger partial charge in [0, 0.05) is 25.7 Å². The van der Waals surface area contributed by atoms with Gasteiger partial charge in [-0.25, -0.2) is 8.78 Å². The molecule has 148 valence electrons. The first-order chi connectivity index (χ1) is 13.4. The normalized spacial score (nSPS) is 19.1. The first-order valence-electron chi connectivity index (χ1n) is 9.09. The van der Waals surface area contributed by atoms with Gasteiger partial charge in [-0.2, -0.15) is 0 Å². The molecular formula is C21H22F2N2O2S. The van der Waals surface area contributed by atoms with Gasteiger partial charge in [0.2, 0.25) is 5.91 Å². The third kappa shape index (κ3) is 4.52. The summed E-state index contributed by atoms with van der Waals surface area (Å²) in [7, 11) is 1.65. The van der Waals surface area contributed by atoms with Crippen molar-refractivity contribution in [3.05, 3.63) is 71.3 Å². The van der Waals surface area contributed by atoms with Gasteiger partial charge < -0.3 is 9.80 Å². The Morgan fingerprint density at radius 2 is 1.82 bits per heavy atom. The molecule has 0 saturated carbocycles. The molecule has 0 bridgehead atoms. The average Bonchev–Trinajstić information content (AvgIpc) is 2.96. The molecule has 1 saturated heterocycles. The molecule has 1 heterocycles. The minimum absolute atomic E-state index is 0.0124. The fourth-order valence-electron chi connectivity index (χ4n) is 3.24. The minimum Gasteiger partial charge on any atom is -0.342 e. The van der Waals surface area contributed by atoms with Crippen molar-refractivity contribution >= 4 is 23.6 Å². The number of hydrogen-bond acceptors (Lipinski definition) is 3. The molecule has 0 aliphatic carbocycles. The smallest absolute Gasteiger partial charge is 0.253 e. The van der Waals surface area contributed by atoms with Crippen molar-refractivity contribution < 1.29 is 18.4 Å². The average molecular weight is 404 g/mol. The molecule has 2 atom stereocenters. The summed E-state index contributed by atoms with van der Waals surface area (Å²) in [6.45, 7) is 2.73. The van der Waals surface area contributed by atoms with Gasteiger partial charge in [-0.05, 0) is 49.2 Å². The number of carbonyl (C=O) groups is 2. The summed E-state index contributed by atoms with van der Waals surface area (Å²) in [5.41, 5.74) is 1.05. The zero-order valence-electron chi connectivity index (χ0n) is 15.8. The first-order valence-corrected chi connectivity index (χ1v) is 10.0. The summed E-state index contributed by atoms with van der Waals surface area (Å²) in [5, 5.41) is -0.428. The monoisotopic (exact) mass is 404 g/mol. The van der Waals surface area contributed by atoms with Gasteiger partial charge >= 0.3 is 0 Å². The maximum Gasteiger partial charge on any atom is 0.253 e. The minimum atomic E-state index is -0.453. The number of hydrogen-bond donors (Lipinski definition) is 0. The largest absolute Gasteiger partial charge is 0.342 e. The van der Waals surface area contributed by atoms with Crippen molar-refractivity contribution in [3.8, 4) is 0 Å². The van der Waals surface area contributed by atoms with E-state index in [1.807, 2.05) is 13.0 Å². The standard InChI is InChI=1S/C21H22F2N2O2S/c1-14-19(26)25(21(28-14)16-7-4-9-18(23)13-16)11-5-10-24(2)20(27)15-6-3-8-17(22)12-15/h3-4,6-9,12-14,21H,5,10-11H2,1-2H3/t14-,21-/m1/s1. The topological polar surface area (TPSA) is 40.6 Å². The lowest BCUT2D eigenvalue weighted by Crippen LogP contribution is -2.34. The molecule has 1 aliphatic heterocycles. The summed E-state index contributed by atoms with van der Waals surface area (Å²) in [4.78, 5) is 28.2. The van der Waals surface area contributed by atoms with Crippen LogP contribution in [-0.2, 0) is 4.79 Å². The highest BCUT2D eigenvalue weighted by Gasteiger charge is 2.38. The van der Waals surface area contributed by atoms with Crippen LogP contribution < -0.4 is 0 Å². The highest BCUT2D eigenvalue weighted by molar-refractivity contribution is 8.01. The summed E-state index contributed by atoms with van der Waals surface area (Å²) in [6.07, 6.45) is 0.572. The van der Waals surface area contributed by atoms with Crippen LogP contribution >= 0.6 is 11.8 Å². The fourth-order valence-corrected chi connectivity index (χ4v) is 4.54. The Kier molecular flexibility index (Phi) is 6.34. The summed E-state index contributed by atoms with van der Waals surface area (Å²) < 4.78 is 26.9. The molecule has 4 nitrogen and oxygen atoms in total. The van der Waals surface area contributed by atoms with Gasteiger partial charge in [0.05, 0.1) is 5.25 Å². The molecule has 2 amide bonds. The van der Waals surface area contributed by atoms with Crippen LogP contribution in [0.5, 0.6) is 0 Å². The Hall–Kier alpha value is -2.41. The Morgan fingerprint density at radius 3 is 2.50 bits per heavy atom. The molecule has 0 aromatic heterocycles. The van der Waals surface area contributed by atoms with Gasteiger partial charge in [0.1, 0.15) is 17.0 Å². The molecule has 2 aromatic carbocycles. The molecule has 0 radical (unpaired) electrons. The molecule has 1 aliphatic rings. The van der Waals surface area contributed by atoms with Gasteiger partial charge in [-0.3, -0.25) is 9.59 Å². The van der Waals surface area contributed by atoms with Crippen LogP contribution in [-0.4, -0.2) is 47.0 Å². The maximum atomic E-state index is 13.6. The van der Waals surface area contributed by atoms with E-state index < -0.39 is 5.82 Å². The van der Waals surface area contributed by atoms with Crippen LogP contribution in [0.15, 0.2) is 48.5 Å². The van der Waals surface area contributed by atoms with Crippen LogP contribution in [0.25, 0.3) is 0 Å². The zero-order chi connectivity index (χ0) is 20.3. The van der Waals surface area contributed by atoms with E-state index in [0.29, 0.717) is 25.1 Å². The predicted molar refractivity (Wildman–Crippen MR) is 106 cm³/mol. The van der Waals surface area contributed by atoms with Gasteiger partial charge in [0.15, 0.2) is 0 Å². The third-order valence-corrected chi connectivity index (χ3v) is 6.09. The lowest BCUT2D eigenvalue weighted by molar-refractivity contribution is -0.129. The lowest BCUT2D eigenvalue weighted by Gasteiger charge is -2.25. The highest BCUT2D eigenvalue weighted by Crippen LogP contribution is 2.42. The molecule has 0 N–H and O–H groups in total. The Morgan fingerprint density at radius 1 is 1.14 bits per heavy atom. The van der Waals surface area contributed by atoms with Crippen LogP contribution in [0.1, 0.15) is 34.6 Å². The van der Waals surface area contributed by atoms with Crippen molar-refractivity contribution in [3.63, 3.8) is 0 Å². The summed E-state index contributed by atoms with van der Waals surface area (Å²) in [6, 6.07) is 11.9. The van der Waals surface area contributed by atoms with E-state index in [4.69, 9.17) is 0 Å². The molecule has 7 heteroatoms. The zero-order valence-corrected chi connectivity index (χ0v) is 16.6. The van der Waals surface area contributed by atoms with E-state index in [1.165, 1.54) is 47.0 Å². The van der Waals surface area contributed by atoms with E-state index in [-0.39, 0.29) is 28.3 Å². The quantitative estimate of drug-likeness (QED) is 0.728. The van der Waals surface area contributed by atoms with E-state index in [1.54, 1.807) is 24.1 Å². The number of benzene rings is 2. The first kappa shape index (κ1) is 20.3. The van der Waals surface area contributed by atoms with Crippen molar-refractivity contribution in [2.24, 2.45) is 0 Å². The summed E-state index contributed by atoms with van der Waals surface area (Å²) in [5.74, 6) is -1.04. The van der Waals surface area contributed by atoms with Gasteiger partial charge in [-0.15, -0.1) is 11.8 Å². The number of nitrogens with zero attached hydrogens (tertiary/aromatic N) is 2. The molecule has 0 unspecified atom stereocenters. The molecule has 0 spiro atoms. The predicted octanol–water partition coefficient (Wildman–Crippen LogP) is 4.09. The summed E-state index contributed by atoms with van der Waals surface area (Å²) >= 11 is 1.49. The molecule has 3 rings (SSSR count). The Labute approximate surface area is 167 Å². The van der Waals surface area contributed by atoms with Gasteiger partial charge in [0.25, 0.3) is 5.91 Å².